The van der Waals surface area contributed by atoms with Gasteiger partial charge in [0.2, 0.25) is 0 Å². The molecule has 0 aliphatic carbocycles. The third-order valence-electron chi connectivity index (χ3n) is 8.68. The molecule has 30 heteroatoms. The van der Waals surface area contributed by atoms with E-state index in [0.717, 1.165) is 27.7 Å². The molecule has 1 amide bonds. The van der Waals surface area contributed by atoms with Crippen LogP contribution in [-0.2, 0) is 37.8 Å². The number of benzene rings is 2. The van der Waals surface area contributed by atoms with E-state index in [0.29, 0.717) is 23.5 Å². The molecule has 360 valence electrons. The van der Waals surface area contributed by atoms with E-state index in [-0.39, 0.29) is 66.3 Å². The zero-order valence-electron chi connectivity index (χ0n) is 34.9. The summed E-state index contributed by atoms with van der Waals surface area (Å²) in [6.45, 7) is -0.822. The molecule has 0 fully saturated rings. The average Bonchev–Trinajstić information content (AvgIpc) is 4.13. The van der Waals surface area contributed by atoms with Gasteiger partial charge in [0.25, 0.3) is 17.7 Å². The van der Waals surface area contributed by atoms with Crippen LogP contribution in [0.3, 0.4) is 0 Å². The van der Waals surface area contributed by atoms with Crippen molar-refractivity contribution in [2.75, 3.05) is 11.1 Å². The fourth-order valence-electron chi connectivity index (χ4n) is 5.63. The summed E-state index contributed by atoms with van der Waals surface area (Å²) in [6.07, 6.45) is -11.8. The maximum Gasteiger partial charge on any atom is 1.00 e. The number of pyridine rings is 2. The van der Waals surface area contributed by atoms with Gasteiger partial charge in [-0.1, -0.05) is 24.3 Å². The van der Waals surface area contributed by atoms with E-state index in [2.05, 4.69) is 45.9 Å². The van der Waals surface area contributed by atoms with E-state index >= 15 is 0 Å². The van der Waals surface area contributed by atoms with Gasteiger partial charge in [0.15, 0.2) is 0 Å². The Labute approximate surface area is 394 Å². The van der Waals surface area contributed by atoms with Crippen LogP contribution in [0.25, 0.3) is 23.2 Å². The first-order chi connectivity index (χ1) is 32.3. The number of hydrogen-bond acceptors (Lipinski definition) is 14. The number of nitrogens with zero attached hydrogens (tertiary/aromatic N) is 10. The first-order valence-electron chi connectivity index (χ1n) is 18.7. The summed E-state index contributed by atoms with van der Waals surface area (Å²) in [5, 5.41) is 34.4. The van der Waals surface area contributed by atoms with Gasteiger partial charge in [0.05, 0.1) is 59.1 Å². The maximum absolute atomic E-state index is 13.3. The molecule has 0 radical (unpaired) electrons. The number of rotatable bonds is 9. The molecule has 0 aliphatic rings. The Bertz CT molecular complexity index is 3030. The van der Waals surface area contributed by atoms with E-state index in [4.69, 9.17) is 14.6 Å². The van der Waals surface area contributed by atoms with Crippen LogP contribution in [0.15, 0.2) is 119 Å². The number of hydrogen-bond donors (Lipinski definition) is 2. The predicted octanol–water partition coefficient (Wildman–Crippen LogP) is 4.72. The minimum Gasteiger partial charge on any atom is -0.540 e. The van der Waals surface area contributed by atoms with E-state index in [9.17, 15) is 67.4 Å². The Morgan fingerprint density at radius 2 is 1.06 bits per heavy atom. The molecule has 0 atom stereocenters. The van der Waals surface area contributed by atoms with Crippen molar-refractivity contribution in [3.63, 3.8) is 0 Å². The van der Waals surface area contributed by atoms with Crippen LogP contribution >= 0.6 is 0 Å². The number of carboxylic acid groups (broad SMARTS) is 1. The van der Waals surface area contributed by atoms with Crippen molar-refractivity contribution in [2.24, 2.45) is 0 Å². The Kier molecular flexibility index (Phi) is 16.2. The van der Waals surface area contributed by atoms with Gasteiger partial charge in [-0.3, -0.25) is 24.1 Å². The predicted molar refractivity (Wildman–Crippen MR) is 207 cm³/mol. The molecular formula is C40H25F12LiN12O5. The van der Waals surface area contributed by atoms with Gasteiger partial charge < -0.3 is 29.8 Å². The fraction of sp³-hybridized carbons (Fsp3) is 0.150. The van der Waals surface area contributed by atoms with Crippen molar-refractivity contribution in [3.05, 3.63) is 155 Å². The molecule has 2 aromatic carbocycles. The fourth-order valence-corrected chi connectivity index (χ4v) is 5.63. The number of aromatic carboxylic acids is 1. The second-order valence-electron chi connectivity index (χ2n) is 13.6. The van der Waals surface area contributed by atoms with Crippen LogP contribution in [0.4, 0.5) is 64.1 Å². The van der Waals surface area contributed by atoms with Crippen LogP contribution in [0.1, 0.15) is 54.8 Å². The van der Waals surface area contributed by atoms with Gasteiger partial charge in [-0.05, 0) is 59.7 Å². The molecule has 3 N–H and O–H groups in total. The third kappa shape index (κ3) is 14.0. The summed E-state index contributed by atoms with van der Waals surface area (Å²) >= 11 is 0. The number of anilines is 2. The zero-order valence-corrected chi connectivity index (χ0v) is 34.9. The molecule has 0 aliphatic heterocycles. The van der Waals surface area contributed by atoms with Gasteiger partial charge in [0.1, 0.15) is 17.4 Å². The van der Waals surface area contributed by atoms with Gasteiger partial charge in [-0.2, -0.15) is 62.9 Å². The van der Waals surface area contributed by atoms with Crippen molar-refractivity contribution in [1.82, 2.24) is 49.9 Å². The minimum absolute atomic E-state index is 0. The topological polar surface area (TPSA) is 235 Å². The van der Waals surface area contributed by atoms with Gasteiger partial charge in [-0.25, -0.2) is 0 Å². The SMILES string of the molecule is Nc1cnn(Cc2ccc(C(F)(F)F)cc2C(F)(F)F)c1.O=C(Nc1cnn(Cc2ccc(C(F)(F)F)cc2C(F)(F)F)c1)c1nnc(-c2ccccn2)o1.O=C([O-])c1nnc(-c2ccccn2)o1.[Li+]. The van der Waals surface area contributed by atoms with Crippen molar-refractivity contribution in [3.8, 4) is 23.2 Å². The molecule has 6 heterocycles. The second-order valence-corrected chi connectivity index (χ2v) is 13.6. The molecular weight excluding hydrogens is 963 g/mol. The standard InChI is InChI=1S/C20H12F6N6O2.C12H9F6N3.C8H5N3O3.Li/c21-19(22,23)12-5-4-11(14(7-12)20(24,25)26)9-32-10-13(8-28-32)29-16(33)18-31-30-17(34-18)15-3-1-2-6-27-15;13-11(14,15)8-2-1-7(10(3-8)12(16,17)18)5-21-6-9(19)4-20-21;12-8(13)7-11-10-6(14-7)5-3-1-2-4-9-5;/h1-8,10H,9H2,(H,29,33);1-4,6H,5,19H2;1-4H,(H,12,13);/q;;;+1/p-1. The number of nitrogens with one attached hydrogen (secondary N) is 1. The summed E-state index contributed by atoms with van der Waals surface area (Å²) < 4.78 is 167. The summed E-state index contributed by atoms with van der Waals surface area (Å²) in [5.41, 5.74) is 0.193. The average molecular weight is 989 g/mol. The second kappa shape index (κ2) is 21.5. The van der Waals surface area contributed by atoms with Crippen LogP contribution in [0.2, 0.25) is 0 Å². The zero-order chi connectivity index (χ0) is 50.3. The minimum atomic E-state index is -5.01. The number of halogens is 12. The van der Waals surface area contributed by atoms with Crippen LogP contribution in [0, 0.1) is 0 Å². The Balaban J connectivity index is 0.000000215. The van der Waals surface area contributed by atoms with Crippen molar-refractivity contribution >= 4 is 23.3 Å². The Morgan fingerprint density at radius 1 is 0.600 bits per heavy atom. The van der Waals surface area contributed by atoms with E-state index in [1.807, 2.05) is 0 Å². The first-order valence-corrected chi connectivity index (χ1v) is 18.7. The van der Waals surface area contributed by atoms with E-state index in [1.54, 1.807) is 36.4 Å². The molecule has 0 saturated heterocycles. The summed E-state index contributed by atoms with van der Waals surface area (Å²) in [4.78, 5) is 30.6. The third-order valence-corrected chi connectivity index (χ3v) is 8.68. The van der Waals surface area contributed by atoms with Crippen LogP contribution in [-0.4, -0.2) is 61.8 Å². The van der Waals surface area contributed by atoms with Crippen molar-refractivity contribution < 1.29 is 95.1 Å². The largest absolute Gasteiger partial charge is 1.00 e. The van der Waals surface area contributed by atoms with Crippen LogP contribution in [0.5, 0.6) is 0 Å². The molecule has 0 unspecified atom stereocenters. The quantitative estimate of drug-likeness (QED) is 0.147. The maximum atomic E-state index is 13.3. The Morgan fingerprint density at radius 3 is 1.46 bits per heavy atom. The Hall–Kier alpha value is -8.06. The summed E-state index contributed by atoms with van der Waals surface area (Å²) in [5.74, 6) is -3.19. The monoisotopic (exact) mass is 988 g/mol. The molecule has 8 aromatic rings. The first kappa shape index (κ1) is 52.9. The molecule has 8 rings (SSSR count). The summed E-state index contributed by atoms with van der Waals surface area (Å²) in [6, 6.07) is 12.9. The number of alkyl halides is 12. The molecule has 0 spiro atoms. The number of carbonyl (C=O) groups is 2. The summed E-state index contributed by atoms with van der Waals surface area (Å²) in [7, 11) is 0. The van der Waals surface area contributed by atoms with Crippen molar-refractivity contribution in [1.29, 1.82) is 0 Å². The van der Waals surface area contributed by atoms with E-state index in [1.165, 1.54) is 31.0 Å². The molecule has 0 saturated carbocycles. The number of amides is 1. The van der Waals surface area contributed by atoms with Gasteiger partial charge in [0, 0.05) is 24.8 Å². The van der Waals surface area contributed by atoms with Gasteiger partial charge in [-0.15, -0.1) is 20.4 Å². The number of nitrogen functional groups attached to an aromatic ring is 1. The number of nitrogens with two attached hydrogens (primary N) is 1. The molecule has 17 nitrogen and oxygen atoms in total. The van der Waals surface area contributed by atoms with E-state index < -0.39 is 82.7 Å². The van der Waals surface area contributed by atoms with Gasteiger partial charge >= 0.3 is 55.4 Å². The molecule has 70 heavy (non-hydrogen) atoms. The number of aromatic nitrogens is 10. The molecule has 0 bridgehead atoms. The smallest absolute Gasteiger partial charge is 0.540 e. The van der Waals surface area contributed by atoms with Crippen molar-refractivity contribution in [2.45, 2.75) is 37.8 Å². The number of carboxylic acids is 1. The molecule has 6 aromatic heterocycles. The normalized spacial score (nSPS) is 11.7. The number of carbonyl (C=O) groups excluding carboxylic acids is 2. The van der Waals surface area contributed by atoms with Crippen LogP contribution < -0.4 is 35.0 Å².